The first kappa shape index (κ1) is 36.4. The lowest BCUT2D eigenvalue weighted by Gasteiger charge is -2.18. The first-order chi connectivity index (χ1) is 20.5. The van der Waals surface area contributed by atoms with Crippen LogP contribution in [0.15, 0.2) is 36.0 Å². The summed E-state index contributed by atoms with van der Waals surface area (Å²) >= 11 is 1.67. The summed E-state index contributed by atoms with van der Waals surface area (Å²) in [5.74, 6) is 0.565. The number of rotatable bonds is 25. The van der Waals surface area contributed by atoms with Crippen LogP contribution >= 0.6 is 19.9 Å². The van der Waals surface area contributed by atoms with Gasteiger partial charge >= 0.3 is 14.7 Å². The monoisotopic (exact) mass is 625 g/mol. The second-order valence-electron chi connectivity index (χ2n) is 10.8. The minimum atomic E-state index is -2.18. The maximum absolute atomic E-state index is 12.1. The van der Waals surface area contributed by atoms with Crippen LogP contribution in [0.3, 0.4) is 0 Å². The molecule has 0 spiro atoms. The number of nitrogens with zero attached hydrogens (tertiary/aromatic N) is 1. The van der Waals surface area contributed by atoms with Crippen molar-refractivity contribution in [3.05, 3.63) is 46.4 Å². The minimum Gasteiger partial charge on any atom is -0.447 e. The maximum atomic E-state index is 12.1. The number of benzene rings is 1. The lowest BCUT2D eigenvalue weighted by molar-refractivity contribution is -0.683. The Morgan fingerprint density at radius 1 is 0.952 bits per heavy atom. The van der Waals surface area contributed by atoms with Gasteiger partial charge in [0, 0.05) is 13.7 Å². The van der Waals surface area contributed by atoms with Crippen LogP contribution in [0.1, 0.15) is 107 Å². The number of nitrogens with one attached hydrogen (secondary N) is 1. The average molecular weight is 626 g/mol. The summed E-state index contributed by atoms with van der Waals surface area (Å²) in [6.45, 7) is 5.62. The number of thiazole rings is 1. The standard InChI is InChI=1S/C32H53N2O6PS/c1-4-5-6-7-8-9-10-11-12-13-14-15-16-19-22-33-32(35)38-25-30(37-3)26-39-41(36)40-31-21-18-17-20-29(31)24-34-23-28(2)42-27-34/h17-18,20-21,23,27,30,36H,4-16,19,22,24-26H2,1-3H3/p+1. The van der Waals surface area contributed by atoms with Crippen molar-refractivity contribution in [1.29, 1.82) is 0 Å². The van der Waals surface area contributed by atoms with E-state index in [9.17, 15) is 9.69 Å². The Morgan fingerprint density at radius 2 is 1.57 bits per heavy atom. The largest absolute Gasteiger partial charge is 0.447 e. The molecule has 238 valence electrons. The molecular weight excluding hydrogens is 571 g/mol. The number of amides is 1. The Hall–Kier alpha value is -1.77. The molecule has 10 heteroatoms. The van der Waals surface area contributed by atoms with Gasteiger partial charge in [0.1, 0.15) is 18.5 Å². The van der Waals surface area contributed by atoms with E-state index in [1.807, 2.05) is 29.8 Å². The maximum Gasteiger partial charge on any atom is 0.407 e. The first-order valence-electron chi connectivity index (χ1n) is 15.8. The summed E-state index contributed by atoms with van der Waals surface area (Å²) in [6.07, 6.45) is 19.3. The number of para-hydroxylation sites is 1. The number of ether oxygens (including phenoxy) is 2. The molecule has 1 heterocycles. The number of hydrogen-bond donors (Lipinski definition) is 2. The molecule has 8 nitrogen and oxygen atoms in total. The number of carbonyl (C=O) groups excluding carboxylic acids is 1. The fourth-order valence-corrected chi connectivity index (χ4v) is 5.95. The van der Waals surface area contributed by atoms with Gasteiger partial charge in [0.15, 0.2) is 12.7 Å². The van der Waals surface area contributed by atoms with Gasteiger partial charge in [-0.05, 0) is 25.5 Å². The summed E-state index contributed by atoms with van der Waals surface area (Å²) in [5, 5.41) is 2.80. The molecular formula is C32H54N2O6PS+. The van der Waals surface area contributed by atoms with E-state index in [0.29, 0.717) is 18.8 Å². The zero-order valence-corrected chi connectivity index (χ0v) is 27.8. The highest BCUT2D eigenvalue weighted by Crippen LogP contribution is 2.36. The van der Waals surface area contributed by atoms with Gasteiger partial charge in [-0.25, -0.2) is 4.79 Å². The molecule has 0 aliphatic heterocycles. The average Bonchev–Trinajstić information content (AvgIpc) is 3.40. The zero-order chi connectivity index (χ0) is 30.3. The van der Waals surface area contributed by atoms with Crippen LogP contribution in [0.25, 0.3) is 0 Å². The van der Waals surface area contributed by atoms with Gasteiger partial charge < -0.3 is 24.2 Å². The van der Waals surface area contributed by atoms with Crippen LogP contribution < -0.4 is 14.4 Å². The number of hydrogen-bond acceptors (Lipinski definition) is 7. The van der Waals surface area contributed by atoms with E-state index in [-0.39, 0.29) is 13.2 Å². The quantitative estimate of drug-likeness (QED) is 0.0656. The van der Waals surface area contributed by atoms with Crippen molar-refractivity contribution in [2.45, 2.75) is 116 Å². The minimum absolute atomic E-state index is 0.0228. The summed E-state index contributed by atoms with van der Waals surface area (Å²) in [5.41, 5.74) is 2.98. The van der Waals surface area contributed by atoms with Crippen molar-refractivity contribution in [3.8, 4) is 5.75 Å². The molecule has 2 unspecified atom stereocenters. The molecule has 2 atom stereocenters. The van der Waals surface area contributed by atoms with E-state index >= 15 is 0 Å². The third kappa shape index (κ3) is 17.4. The Kier molecular flexibility index (Phi) is 20.5. The smallest absolute Gasteiger partial charge is 0.407 e. The molecule has 0 fully saturated rings. The van der Waals surface area contributed by atoms with Crippen LogP contribution in [-0.2, 0) is 20.5 Å². The van der Waals surface area contributed by atoms with Crippen molar-refractivity contribution in [3.63, 3.8) is 0 Å². The number of aryl methyl sites for hydroxylation is 1. The summed E-state index contributed by atoms with van der Waals surface area (Å²) in [7, 11) is -0.662. The molecule has 0 radical (unpaired) electrons. The lowest BCUT2D eigenvalue weighted by atomic mass is 10.0. The molecule has 2 N–H and O–H groups in total. The highest BCUT2D eigenvalue weighted by molar-refractivity contribution is 7.41. The Bertz CT molecular complexity index is 963. The van der Waals surface area contributed by atoms with E-state index in [4.69, 9.17) is 18.5 Å². The topological polar surface area (TPSA) is 90.1 Å². The number of methoxy groups -OCH3 is 1. The predicted molar refractivity (Wildman–Crippen MR) is 171 cm³/mol. The molecule has 1 amide bonds. The SMILES string of the molecule is CCCCCCCCCCCCCCCCNC(=O)OCC(COP(O)Oc1ccccc1C[n+]1csc(C)c1)OC. The Morgan fingerprint density at radius 3 is 2.17 bits per heavy atom. The summed E-state index contributed by atoms with van der Waals surface area (Å²) in [6, 6.07) is 7.56. The van der Waals surface area contributed by atoms with Crippen molar-refractivity contribution in [1.82, 2.24) is 5.32 Å². The van der Waals surface area contributed by atoms with Crippen molar-refractivity contribution in [2.75, 3.05) is 26.9 Å². The van der Waals surface area contributed by atoms with Gasteiger partial charge in [0.25, 0.3) is 0 Å². The van der Waals surface area contributed by atoms with Gasteiger partial charge in [-0.3, -0.25) is 4.52 Å². The van der Waals surface area contributed by atoms with Crippen LogP contribution in [-0.4, -0.2) is 44.0 Å². The number of aromatic nitrogens is 1. The number of carbonyl (C=O) groups is 1. The lowest BCUT2D eigenvalue weighted by Crippen LogP contribution is -2.31. The van der Waals surface area contributed by atoms with Crippen LogP contribution in [0, 0.1) is 6.92 Å². The van der Waals surface area contributed by atoms with E-state index in [1.165, 1.54) is 89.0 Å². The molecule has 0 aliphatic carbocycles. The van der Waals surface area contributed by atoms with Gasteiger partial charge in [-0.15, -0.1) is 0 Å². The molecule has 0 aliphatic rings. The van der Waals surface area contributed by atoms with E-state index in [2.05, 4.69) is 29.9 Å². The molecule has 0 bridgehead atoms. The van der Waals surface area contributed by atoms with E-state index in [1.54, 1.807) is 11.3 Å². The number of alkyl carbamates (subject to hydrolysis) is 1. The van der Waals surface area contributed by atoms with Crippen molar-refractivity contribution >= 4 is 26.0 Å². The molecule has 42 heavy (non-hydrogen) atoms. The van der Waals surface area contributed by atoms with Crippen molar-refractivity contribution in [2.24, 2.45) is 0 Å². The zero-order valence-electron chi connectivity index (χ0n) is 26.1. The second kappa shape index (κ2) is 23.7. The van der Waals surface area contributed by atoms with E-state index in [0.717, 1.165) is 18.4 Å². The van der Waals surface area contributed by atoms with E-state index < -0.39 is 20.8 Å². The molecule has 0 saturated carbocycles. The Balaban J connectivity index is 1.48. The molecule has 2 aromatic rings. The Labute approximate surface area is 259 Å². The third-order valence-electron chi connectivity index (χ3n) is 7.13. The van der Waals surface area contributed by atoms with Gasteiger partial charge in [0.05, 0.1) is 17.0 Å². The van der Waals surface area contributed by atoms with Gasteiger partial charge in [-0.1, -0.05) is 114 Å². The predicted octanol–water partition coefficient (Wildman–Crippen LogP) is 8.23. The second-order valence-corrected chi connectivity index (χ2v) is 12.9. The number of unbranched alkanes of at least 4 members (excludes halogenated alkanes) is 13. The highest BCUT2D eigenvalue weighted by Gasteiger charge is 2.19. The third-order valence-corrected chi connectivity index (χ3v) is 8.70. The van der Waals surface area contributed by atoms with Crippen molar-refractivity contribution < 1.29 is 32.8 Å². The summed E-state index contributed by atoms with van der Waals surface area (Å²) < 4.78 is 23.9. The normalized spacial score (nSPS) is 12.7. The first-order valence-corrected chi connectivity index (χ1v) is 17.8. The van der Waals surface area contributed by atoms with Gasteiger partial charge in [0.2, 0.25) is 5.51 Å². The molecule has 1 aromatic heterocycles. The summed E-state index contributed by atoms with van der Waals surface area (Å²) in [4.78, 5) is 23.6. The molecule has 0 saturated heterocycles. The highest BCUT2D eigenvalue weighted by atomic mass is 32.1. The van der Waals surface area contributed by atoms with Crippen LogP contribution in [0.2, 0.25) is 0 Å². The fourth-order valence-electron chi connectivity index (χ4n) is 4.62. The van der Waals surface area contributed by atoms with Gasteiger partial charge in [-0.2, -0.15) is 4.57 Å². The van der Waals surface area contributed by atoms with Crippen LogP contribution in [0.4, 0.5) is 4.79 Å². The molecule has 1 aromatic carbocycles. The van der Waals surface area contributed by atoms with Crippen LogP contribution in [0.5, 0.6) is 5.75 Å². The molecule has 2 rings (SSSR count). The fraction of sp³-hybridized carbons (Fsp3) is 0.688.